The van der Waals surface area contributed by atoms with Crippen LogP contribution in [0.25, 0.3) is 0 Å². The lowest BCUT2D eigenvalue weighted by molar-refractivity contribution is 0.376. The maximum Gasteiger partial charge on any atom is 0.156 e. The van der Waals surface area contributed by atoms with Crippen LogP contribution in [0.1, 0.15) is 5.76 Å². The summed E-state index contributed by atoms with van der Waals surface area (Å²) in [5, 5.41) is 3.59. The summed E-state index contributed by atoms with van der Waals surface area (Å²) in [5.41, 5.74) is 0. The second-order valence-corrected chi connectivity index (χ2v) is 2.21. The number of nitrogens with zero attached hydrogens (tertiary/aromatic N) is 3. The minimum Gasteiger partial charge on any atom is -0.359 e. The monoisotopic (exact) mass is 149 g/mol. The van der Waals surface area contributed by atoms with E-state index in [1.54, 1.807) is 18.7 Å². The minimum atomic E-state index is 0.694. The van der Waals surface area contributed by atoms with Gasteiger partial charge in [0.05, 0.1) is 19.1 Å². The summed E-state index contributed by atoms with van der Waals surface area (Å²) in [6.45, 7) is 0.694. The fourth-order valence-electron chi connectivity index (χ4n) is 0.884. The van der Waals surface area contributed by atoms with Gasteiger partial charge in [-0.05, 0) is 0 Å². The molecule has 11 heavy (non-hydrogen) atoms. The molecule has 0 atom stereocenters. The van der Waals surface area contributed by atoms with Crippen LogP contribution in [0.15, 0.2) is 35.5 Å². The van der Waals surface area contributed by atoms with Crippen molar-refractivity contribution in [3.63, 3.8) is 0 Å². The van der Waals surface area contributed by atoms with Gasteiger partial charge in [0.15, 0.2) is 5.76 Å². The Morgan fingerprint density at radius 2 is 2.45 bits per heavy atom. The van der Waals surface area contributed by atoms with Crippen LogP contribution in [-0.2, 0) is 6.54 Å². The standard InChI is InChI=1S/C7H7N3O/c1-2-9-11-7(1)5-10-4-3-8-6-10/h1-4,6H,5H2. The Bertz CT molecular complexity index is 266. The summed E-state index contributed by atoms with van der Waals surface area (Å²) in [6.07, 6.45) is 6.98. The molecule has 0 aliphatic carbocycles. The van der Waals surface area contributed by atoms with Crippen molar-refractivity contribution in [2.45, 2.75) is 6.54 Å². The van der Waals surface area contributed by atoms with Crippen molar-refractivity contribution < 1.29 is 4.52 Å². The first kappa shape index (κ1) is 6.15. The lowest BCUT2D eigenvalue weighted by Gasteiger charge is -1.94. The van der Waals surface area contributed by atoms with Gasteiger partial charge in [-0.3, -0.25) is 0 Å². The van der Waals surface area contributed by atoms with E-state index in [4.69, 9.17) is 4.52 Å². The first-order valence-corrected chi connectivity index (χ1v) is 3.30. The molecule has 0 saturated heterocycles. The van der Waals surface area contributed by atoms with Crippen LogP contribution in [0.2, 0.25) is 0 Å². The number of rotatable bonds is 2. The molecule has 0 amide bonds. The Kier molecular flexibility index (Phi) is 1.44. The number of aromatic nitrogens is 3. The van der Waals surface area contributed by atoms with Gasteiger partial charge in [0, 0.05) is 18.5 Å². The topological polar surface area (TPSA) is 43.9 Å². The second-order valence-electron chi connectivity index (χ2n) is 2.21. The Morgan fingerprint density at radius 3 is 3.09 bits per heavy atom. The van der Waals surface area contributed by atoms with Gasteiger partial charge in [-0.15, -0.1) is 0 Å². The van der Waals surface area contributed by atoms with Gasteiger partial charge in [0.25, 0.3) is 0 Å². The van der Waals surface area contributed by atoms with Crippen LogP contribution < -0.4 is 0 Å². The molecular weight excluding hydrogens is 142 g/mol. The molecule has 0 aliphatic heterocycles. The molecule has 0 N–H and O–H groups in total. The van der Waals surface area contributed by atoms with E-state index >= 15 is 0 Å². The summed E-state index contributed by atoms with van der Waals surface area (Å²) >= 11 is 0. The summed E-state index contributed by atoms with van der Waals surface area (Å²) in [5.74, 6) is 0.836. The molecule has 2 aromatic heterocycles. The van der Waals surface area contributed by atoms with Gasteiger partial charge in [-0.25, -0.2) is 4.98 Å². The van der Waals surface area contributed by atoms with Crippen molar-refractivity contribution in [1.29, 1.82) is 0 Å². The molecule has 0 fully saturated rings. The van der Waals surface area contributed by atoms with Gasteiger partial charge >= 0.3 is 0 Å². The highest BCUT2D eigenvalue weighted by Crippen LogP contribution is 1.99. The van der Waals surface area contributed by atoms with Crippen molar-refractivity contribution in [3.05, 3.63) is 36.7 Å². The molecule has 0 aromatic carbocycles. The van der Waals surface area contributed by atoms with Gasteiger partial charge in [0.1, 0.15) is 0 Å². The molecule has 2 rings (SSSR count). The highest BCUT2D eigenvalue weighted by molar-refractivity contribution is 4.94. The van der Waals surface area contributed by atoms with Crippen molar-refractivity contribution >= 4 is 0 Å². The van der Waals surface area contributed by atoms with E-state index in [0.717, 1.165) is 5.76 Å². The maximum absolute atomic E-state index is 4.91. The molecule has 0 bridgehead atoms. The Balaban J connectivity index is 2.14. The van der Waals surface area contributed by atoms with E-state index in [9.17, 15) is 0 Å². The average Bonchev–Trinajstić information content (AvgIpc) is 2.60. The van der Waals surface area contributed by atoms with Crippen LogP contribution in [0.3, 0.4) is 0 Å². The lowest BCUT2D eigenvalue weighted by Crippen LogP contribution is -1.93. The number of hydrogen-bond donors (Lipinski definition) is 0. The van der Waals surface area contributed by atoms with Crippen LogP contribution in [0.5, 0.6) is 0 Å². The molecule has 0 spiro atoms. The zero-order valence-corrected chi connectivity index (χ0v) is 5.84. The number of hydrogen-bond acceptors (Lipinski definition) is 3. The second kappa shape index (κ2) is 2.57. The quantitative estimate of drug-likeness (QED) is 0.637. The minimum absolute atomic E-state index is 0.694. The van der Waals surface area contributed by atoms with Crippen LogP contribution in [-0.4, -0.2) is 14.7 Å². The molecule has 0 radical (unpaired) electrons. The zero-order valence-electron chi connectivity index (χ0n) is 5.84. The maximum atomic E-state index is 4.91. The zero-order chi connectivity index (χ0) is 7.52. The van der Waals surface area contributed by atoms with Crippen molar-refractivity contribution in [1.82, 2.24) is 14.7 Å². The van der Waals surface area contributed by atoms with Crippen LogP contribution in [0, 0.1) is 0 Å². The summed E-state index contributed by atoms with van der Waals surface area (Å²) in [6, 6.07) is 1.83. The van der Waals surface area contributed by atoms with Gasteiger partial charge in [0.2, 0.25) is 0 Å². The summed E-state index contributed by atoms with van der Waals surface area (Å²) in [4.78, 5) is 3.90. The Morgan fingerprint density at radius 1 is 1.45 bits per heavy atom. The highest BCUT2D eigenvalue weighted by atomic mass is 16.5. The van der Waals surface area contributed by atoms with Crippen LogP contribution >= 0.6 is 0 Å². The Hall–Kier alpha value is -1.58. The molecule has 2 heterocycles. The highest BCUT2D eigenvalue weighted by Gasteiger charge is 1.96. The molecule has 0 unspecified atom stereocenters. The molecule has 0 aliphatic rings. The lowest BCUT2D eigenvalue weighted by atomic mass is 10.4. The van der Waals surface area contributed by atoms with Crippen molar-refractivity contribution in [2.75, 3.05) is 0 Å². The third-order valence-corrected chi connectivity index (χ3v) is 1.39. The van der Waals surface area contributed by atoms with E-state index in [1.807, 2.05) is 16.8 Å². The normalized spacial score (nSPS) is 10.2. The first-order chi connectivity index (χ1) is 5.45. The van der Waals surface area contributed by atoms with Crippen molar-refractivity contribution in [2.24, 2.45) is 0 Å². The summed E-state index contributed by atoms with van der Waals surface area (Å²) in [7, 11) is 0. The molecule has 2 aromatic rings. The fraction of sp³-hybridized carbons (Fsp3) is 0.143. The average molecular weight is 149 g/mol. The SMILES string of the molecule is c1cn(Cc2ccno2)cn1. The smallest absolute Gasteiger partial charge is 0.156 e. The molecule has 4 nitrogen and oxygen atoms in total. The third-order valence-electron chi connectivity index (χ3n) is 1.39. The van der Waals surface area contributed by atoms with E-state index in [0.29, 0.717) is 6.54 Å². The first-order valence-electron chi connectivity index (χ1n) is 3.30. The predicted molar refractivity (Wildman–Crippen MR) is 37.8 cm³/mol. The summed E-state index contributed by atoms with van der Waals surface area (Å²) < 4.78 is 6.83. The largest absolute Gasteiger partial charge is 0.359 e. The van der Waals surface area contributed by atoms with E-state index in [-0.39, 0.29) is 0 Å². The number of imidazole rings is 1. The molecule has 4 heteroatoms. The van der Waals surface area contributed by atoms with Gasteiger partial charge in [-0.2, -0.15) is 0 Å². The van der Waals surface area contributed by atoms with Gasteiger partial charge in [-0.1, -0.05) is 5.16 Å². The van der Waals surface area contributed by atoms with E-state index < -0.39 is 0 Å². The third kappa shape index (κ3) is 1.29. The van der Waals surface area contributed by atoms with E-state index in [2.05, 4.69) is 10.1 Å². The molecule has 56 valence electrons. The molecule has 0 saturated carbocycles. The predicted octanol–water partition coefficient (Wildman–Crippen LogP) is 0.919. The van der Waals surface area contributed by atoms with Gasteiger partial charge < -0.3 is 9.09 Å². The van der Waals surface area contributed by atoms with Crippen molar-refractivity contribution in [3.8, 4) is 0 Å². The Labute approximate surface area is 63.5 Å². The van der Waals surface area contributed by atoms with E-state index in [1.165, 1.54) is 0 Å². The van der Waals surface area contributed by atoms with Crippen LogP contribution in [0.4, 0.5) is 0 Å². The fourth-order valence-corrected chi connectivity index (χ4v) is 0.884. The molecular formula is C7H7N3O.